The normalized spacial score (nSPS) is 26.9. The van der Waals surface area contributed by atoms with Gasteiger partial charge in [-0.05, 0) is 43.5 Å². The summed E-state index contributed by atoms with van der Waals surface area (Å²) in [5, 5.41) is 12.0. The van der Waals surface area contributed by atoms with Gasteiger partial charge in [-0.3, -0.25) is 19.7 Å². The summed E-state index contributed by atoms with van der Waals surface area (Å²) in [5.74, 6) is -1.18. The molecule has 0 N–H and O–H groups in total. The van der Waals surface area contributed by atoms with Crippen molar-refractivity contribution >= 4 is 34.8 Å². The van der Waals surface area contributed by atoms with E-state index in [1.54, 1.807) is 18.2 Å². The number of nitrogens with zero attached hydrogens (tertiary/aromatic N) is 2. The monoisotopic (exact) mass is 428 g/mol. The Labute approximate surface area is 176 Å². The summed E-state index contributed by atoms with van der Waals surface area (Å²) in [6.07, 6.45) is 0.983. The number of rotatable bonds is 4. The van der Waals surface area contributed by atoms with Gasteiger partial charge < -0.3 is 9.47 Å². The molecule has 0 aliphatic carbocycles. The molecule has 30 heavy (non-hydrogen) atoms. The second-order valence-corrected chi connectivity index (χ2v) is 8.22. The van der Waals surface area contributed by atoms with Gasteiger partial charge in [0.1, 0.15) is 11.5 Å². The van der Waals surface area contributed by atoms with Crippen LogP contribution in [0.3, 0.4) is 0 Å². The lowest BCUT2D eigenvalue weighted by molar-refractivity contribution is -0.384. The van der Waals surface area contributed by atoms with Crippen LogP contribution in [0.25, 0.3) is 0 Å². The molecule has 3 aliphatic heterocycles. The first-order valence-corrected chi connectivity index (χ1v) is 9.98. The summed E-state index contributed by atoms with van der Waals surface area (Å²) < 4.78 is 11.5. The van der Waals surface area contributed by atoms with Crippen LogP contribution in [0.15, 0.2) is 36.4 Å². The Morgan fingerprint density at radius 1 is 1.07 bits per heavy atom. The first kappa shape index (κ1) is 19.0. The maximum atomic E-state index is 13.0. The Bertz CT molecular complexity index is 1070. The van der Waals surface area contributed by atoms with Crippen molar-refractivity contribution in [2.24, 2.45) is 11.8 Å². The summed E-state index contributed by atoms with van der Waals surface area (Å²) in [6.45, 7) is 1.81. The van der Waals surface area contributed by atoms with Gasteiger partial charge in [0, 0.05) is 17.2 Å². The molecule has 0 radical (unpaired) electrons. The van der Waals surface area contributed by atoms with E-state index in [1.165, 1.54) is 18.2 Å². The number of carbonyl (C=O) groups excluding carboxylic acids is 2. The summed E-state index contributed by atoms with van der Waals surface area (Å²) in [4.78, 5) is 38.0. The molecule has 4 atom stereocenters. The molecule has 0 saturated carbocycles. The number of fused-ring (bicyclic) bond motifs is 5. The van der Waals surface area contributed by atoms with Crippen molar-refractivity contribution in [3.05, 3.63) is 57.1 Å². The fourth-order valence-electron chi connectivity index (χ4n) is 4.64. The van der Waals surface area contributed by atoms with Crippen molar-refractivity contribution in [2.45, 2.75) is 32.0 Å². The molecule has 2 aromatic rings. The number of halogens is 1. The number of imide groups is 1. The number of non-ortho nitro benzene ring substituents is 1. The van der Waals surface area contributed by atoms with E-state index in [2.05, 4.69) is 0 Å². The highest BCUT2D eigenvalue weighted by Crippen LogP contribution is 2.50. The molecule has 2 amide bonds. The van der Waals surface area contributed by atoms with Gasteiger partial charge >= 0.3 is 0 Å². The zero-order valence-corrected chi connectivity index (χ0v) is 16.7. The number of amides is 2. The molecule has 3 heterocycles. The average Bonchev–Trinajstić information content (AvgIpc) is 3.38. The predicted molar refractivity (Wildman–Crippen MR) is 107 cm³/mol. The molecule has 0 spiro atoms. The number of anilines is 1. The molecule has 5 rings (SSSR count). The van der Waals surface area contributed by atoms with E-state index in [4.69, 9.17) is 21.1 Å². The Balaban J connectivity index is 1.52. The predicted octanol–water partition coefficient (Wildman–Crippen LogP) is 4.02. The van der Waals surface area contributed by atoms with Crippen LogP contribution in [-0.2, 0) is 14.3 Å². The second-order valence-electron chi connectivity index (χ2n) is 7.81. The molecule has 154 valence electrons. The van der Waals surface area contributed by atoms with E-state index in [-0.39, 0.29) is 41.1 Å². The lowest BCUT2D eigenvalue weighted by atomic mass is 9.81. The average molecular weight is 429 g/mol. The third-order valence-corrected chi connectivity index (χ3v) is 6.42. The number of carbonyl (C=O) groups is 2. The topological polar surface area (TPSA) is 99.0 Å². The maximum Gasteiger partial charge on any atom is 0.275 e. The minimum Gasteiger partial charge on any atom is -0.457 e. The first-order chi connectivity index (χ1) is 14.3. The molecule has 3 fully saturated rings. The van der Waals surface area contributed by atoms with Crippen molar-refractivity contribution < 1.29 is 24.0 Å². The molecule has 8 nitrogen and oxygen atoms in total. The van der Waals surface area contributed by atoms with Crippen LogP contribution < -0.4 is 9.64 Å². The molecule has 2 bridgehead atoms. The fraction of sp³-hybridized carbons (Fsp3) is 0.333. The number of nitro benzene ring substituents is 1. The molecular formula is C21H17ClN2O6. The quantitative estimate of drug-likeness (QED) is 0.414. The number of hydrogen-bond acceptors (Lipinski definition) is 6. The highest BCUT2D eigenvalue weighted by molar-refractivity contribution is 6.31. The molecule has 9 heteroatoms. The lowest BCUT2D eigenvalue weighted by Crippen LogP contribution is -2.34. The zero-order valence-electron chi connectivity index (χ0n) is 15.9. The Morgan fingerprint density at radius 3 is 2.33 bits per heavy atom. The number of ether oxygens (including phenoxy) is 2. The van der Waals surface area contributed by atoms with Crippen LogP contribution in [0.1, 0.15) is 18.4 Å². The van der Waals surface area contributed by atoms with Crippen molar-refractivity contribution in [3.63, 3.8) is 0 Å². The molecule has 3 aliphatic rings. The van der Waals surface area contributed by atoms with Crippen molar-refractivity contribution in [2.75, 3.05) is 4.90 Å². The standard InChI is InChI=1S/C21H17ClN2O6/c1-10-6-13(2-3-15(10)22)29-14-8-11(7-12(9-14)24(27)28)23-20(25)18-16-4-5-17(30-16)19(18)21(23)26/h2-3,6-9,16-19H,4-5H2,1H3/t16-,17+,18-,19-/m0/s1. The largest absolute Gasteiger partial charge is 0.457 e. The maximum absolute atomic E-state index is 13.0. The van der Waals surface area contributed by atoms with E-state index in [0.29, 0.717) is 10.8 Å². The number of nitro groups is 1. The third kappa shape index (κ3) is 2.86. The van der Waals surface area contributed by atoms with Gasteiger partial charge in [0.25, 0.3) is 5.69 Å². The summed E-state index contributed by atoms with van der Waals surface area (Å²) >= 11 is 6.03. The number of benzene rings is 2. The second kappa shape index (κ2) is 6.78. The Kier molecular flexibility index (Phi) is 4.30. The van der Waals surface area contributed by atoms with Crippen molar-refractivity contribution in [1.82, 2.24) is 0 Å². The van der Waals surface area contributed by atoms with Crippen LogP contribution in [-0.4, -0.2) is 28.9 Å². The van der Waals surface area contributed by atoms with Crippen LogP contribution in [0.2, 0.25) is 5.02 Å². The Hall–Kier alpha value is -2.97. The highest BCUT2D eigenvalue weighted by atomic mass is 35.5. The first-order valence-electron chi connectivity index (χ1n) is 9.60. The molecule has 0 unspecified atom stereocenters. The SMILES string of the molecule is Cc1cc(Oc2cc(N3C(=O)[C@@H]4[C@@H](C3=O)[C@H]3CC[C@@H]4O3)cc([N+](=O)[O-])c2)ccc1Cl. The smallest absolute Gasteiger partial charge is 0.275 e. The van der Waals surface area contributed by atoms with Gasteiger partial charge in [-0.15, -0.1) is 0 Å². The molecule has 3 saturated heterocycles. The summed E-state index contributed by atoms with van der Waals surface area (Å²) in [7, 11) is 0. The van der Waals surface area contributed by atoms with Gasteiger partial charge in [-0.25, -0.2) is 4.90 Å². The van der Waals surface area contributed by atoms with Gasteiger partial charge in [0.05, 0.1) is 40.7 Å². The number of hydrogen-bond donors (Lipinski definition) is 0. The van der Waals surface area contributed by atoms with Crippen LogP contribution in [0, 0.1) is 28.9 Å². The molecule has 2 aromatic carbocycles. The minimum atomic E-state index is -0.581. The highest BCUT2D eigenvalue weighted by Gasteiger charge is 2.62. The van der Waals surface area contributed by atoms with Crippen LogP contribution in [0.5, 0.6) is 11.5 Å². The summed E-state index contributed by atoms with van der Waals surface area (Å²) in [5.41, 5.74) is 0.645. The van der Waals surface area contributed by atoms with E-state index in [1.807, 2.05) is 6.92 Å². The fourth-order valence-corrected chi connectivity index (χ4v) is 4.76. The van der Waals surface area contributed by atoms with Gasteiger partial charge in [0.2, 0.25) is 11.8 Å². The minimum absolute atomic E-state index is 0.133. The van der Waals surface area contributed by atoms with Gasteiger partial charge in [-0.1, -0.05) is 11.6 Å². The van der Waals surface area contributed by atoms with Crippen molar-refractivity contribution in [3.8, 4) is 11.5 Å². The Morgan fingerprint density at radius 2 is 1.73 bits per heavy atom. The van der Waals surface area contributed by atoms with E-state index >= 15 is 0 Å². The van der Waals surface area contributed by atoms with E-state index in [0.717, 1.165) is 23.3 Å². The van der Waals surface area contributed by atoms with Crippen LogP contribution >= 0.6 is 11.6 Å². The van der Waals surface area contributed by atoms with E-state index < -0.39 is 16.8 Å². The number of aryl methyl sites for hydroxylation is 1. The molecule has 0 aromatic heterocycles. The van der Waals surface area contributed by atoms with E-state index in [9.17, 15) is 19.7 Å². The van der Waals surface area contributed by atoms with Gasteiger partial charge in [-0.2, -0.15) is 0 Å². The lowest BCUT2D eigenvalue weighted by Gasteiger charge is -2.18. The zero-order chi connectivity index (χ0) is 21.2. The summed E-state index contributed by atoms with van der Waals surface area (Å²) in [6, 6.07) is 8.95. The van der Waals surface area contributed by atoms with Gasteiger partial charge in [0.15, 0.2) is 0 Å². The molecular weight excluding hydrogens is 412 g/mol. The third-order valence-electron chi connectivity index (χ3n) is 5.99. The van der Waals surface area contributed by atoms with Crippen molar-refractivity contribution in [1.29, 1.82) is 0 Å². The van der Waals surface area contributed by atoms with Crippen LogP contribution in [0.4, 0.5) is 11.4 Å².